The lowest BCUT2D eigenvalue weighted by Crippen LogP contribution is -1.92. The van der Waals surface area contributed by atoms with Gasteiger partial charge in [-0.25, -0.2) is 0 Å². The molecule has 0 spiro atoms. The van der Waals surface area contributed by atoms with E-state index in [1.165, 1.54) is 0 Å². The Kier molecular flexibility index (Phi) is 3.58. The van der Waals surface area contributed by atoms with Crippen molar-refractivity contribution in [3.63, 3.8) is 0 Å². The molecule has 1 aromatic carbocycles. The molecule has 0 saturated heterocycles. The zero-order chi connectivity index (χ0) is 9.68. The third-order valence-electron chi connectivity index (χ3n) is 1.75. The van der Waals surface area contributed by atoms with Gasteiger partial charge < -0.3 is 14.6 Å². The van der Waals surface area contributed by atoms with Crippen molar-refractivity contribution in [3.8, 4) is 11.5 Å². The van der Waals surface area contributed by atoms with Gasteiger partial charge in [-0.05, 0) is 19.1 Å². The summed E-state index contributed by atoms with van der Waals surface area (Å²) in [5.74, 6) is 0.866. The molecule has 3 heteroatoms. The fourth-order valence-electron chi connectivity index (χ4n) is 1.00. The first-order valence-corrected chi connectivity index (χ1v) is 4.21. The summed E-state index contributed by atoms with van der Waals surface area (Å²) in [6.45, 7) is 3.00. The highest BCUT2D eigenvalue weighted by Gasteiger charge is 2.01. The molecule has 13 heavy (non-hydrogen) atoms. The highest BCUT2D eigenvalue weighted by Crippen LogP contribution is 2.23. The number of phenols is 1. The van der Waals surface area contributed by atoms with Crippen molar-refractivity contribution in [2.24, 2.45) is 0 Å². The van der Waals surface area contributed by atoms with Crippen LogP contribution in [0.2, 0.25) is 0 Å². The number of aromatic hydroxyl groups is 1. The van der Waals surface area contributed by atoms with Crippen molar-refractivity contribution < 1.29 is 14.6 Å². The Morgan fingerprint density at radius 1 is 1.38 bits per heavy atom. The van der Waals surface area contributed by atoms with Gasteiger partial charge in [0.1, 0.15) is 11.5 Å². The predicted octanol–water partition coefficient (Wildman–Crippen LogP) is 1.94. The molecule has 72 valence electrons. The zero-order valence-electron chi connectivity index (χ0n) is 7.91. The van der Waals surface area contributed by atoms with Crippen molar-refractivity contribution in [2.75, 3.05) is 13.7 Å². The summed E-state index contributed by atoms with van der Waals surface area (Å²) in [7, 11) is 1.57. The van der Waals surface area contributed by atoms with Crippen molar-refractivity contribution in [1.29, 1.82) is 0 Å². The average molecular weight is 182 g/mol. The van der Waals surface area contributed by atoms with Crippen LogP contribution >= 0.6 is 0 Å². The minimum absolute atomic E-state index is 0.216. The number of hydrogen-bond acceptors (Lipinski definition) is 3. The molecular formula is C10H14O3. The van der Waals surface area contributed by atoms with Crippen LogP contribution in [-0.2, 0) is 11.3 Å². The fraction of sp³-hybridized carbons (Fsp3) is 0.400. The lowest BCUT2D eigenvalue weighted by molar-refractivity contribution is 0.132. The first-order chi connectivity index (χ1) is 6.27. The normalized spacial score (nSPS) is 10.0. The fourth-order valence-corrected chi connectivity index (χ4v) is 1.00. The van der Waals surface area contributed by atoms with Gasteiger partial charge in [-0.3, -0.25) is 0 Å². The number of benzene rings is 1. The summed E-state index contributed by atoms with van der Waals surface area (Å²) in [5.41, 5.74) is 0.780. The molecule has 0 aliphatic rings. The van der Waals surface area contributed by atoms with Crippen LogP contribution in [0, 0.1) is 0 Å². The zero-order valence-corrected chi connectivity index (χ0v) is 7.91. The van der Waals surface area contributed by atoms with Crippen LogP contribution in [0.5, 0.6) is 11.5 Å². The van der Waals surface area contributed by atoms with Crippen molar-refractivity contribution in [2.45, 2.75) is 13.5 Å². The minimum Gasteiger partial charge on any atom is -0.507 e. The third kappa shape index (κ3) is 2.63. The SMILES string of the molecule is CCOCc1ccc(OC)cc1O. The Balaban J connectivity index is 2.73. The van der Waals surface area contributed by atoms with Crippen molar-refractivity contribution in [3.05, 3.63) is 23.8 Å². The first-order valence-electron chi connectivity index (χ1n) is 4.21. The number of hydrogen-bond donors (Lipinski definition) is 1. The van der Waals surface area contributed by atoms with E-state index >= 15 is 0 Å². The van der Waals surface area contributed by atoms with Gasteiger partial charge >= 0.3 is 0 Å². The summed E-state index contributed by atoms with van der Waals surface area (Å²) in [5, 5.41) is 9.49. The van der Waals surface area contributed by atoms with Gasteiger partial charge in [-0.2, -0.15) is 0 Å². The van der Waals surface area contributed by atoms with Gasteiger partial charge in [0.2, 0.25) is 0 Å². The molecular weight excluding hydrogens is 168 g/mol. The molecule has 0 radical (unpaired) electrons. The van der Waals surface area contributed by atoms with E-state index < -0.39 is 0 Å². The third-order valence-corrected chi connectivity index (χ3v) is 1.75. The first kappa shape index (κ1) is 9.86. The van der Waals surface area contributed by atoms with Gasteiger partial charge in [0, 0.05) is 18.2 Å². The average Bonchev–Trinajstić information content (AvgIpc) is 2.16. The summed E-state index contributed by atoms with van der Waals surface area (Å²) < 4.78 is 10.1. The Bertz CT molecular complexity index is 271. The van der Waals surface area contributed by atoms with Crippen LogP contribution in [0.4, 0.5) is 0 Å². The second-order valence-corrected chi connectivity index (χ2v) is 2.63. The highest BCUT2D eigenvalue weighted by atomic mass is 16.5. The maximum atomic E-state index is 9.49. The number of rotatable bonds is 4. The molecule has 0 saturated carbocycles. The monoisotopic (exact) mass is 182 g/mol. The predicted molar refractivity (Wildman–Crippen MR) is 50.0 cm³/mol. The quantitative estimate of drug-likeness (QED) is 0.773. The molecule has 1 aromatic rings. The highest BCUT2D eigenvalue weighted by molar-refractivity contribution is 5.39. The van der Waals surface area contributed by atoms with Crippen LogP contribution in [0.1, 0.15) is 12.5 Å². The van der Waals surface area contributed by atoms with Crippen LogP contribution in [0.25, 0.3) is 0 Å². The molecule has 0 bridgehead atoms. The standard InChI is InChI=1S/C10H14O3/c1-3-13-7-8-4-5-9(12-2)6-10(8)11/h4-6,11H,3,7H2,1-2H3. The maximum absolute atomic E-state index is 9.49. The lowest BCUT2D eigenvalue weighted by Gasteiger charge is -2.06. The molecule has 0 heterocycles. The molecule has 0 atom stereocenters. The van der Waals surface area contributed by atoms with Gasteiger partial charge in [-0.15, -0.1) is 0 Å². The molecule has 0 fully saturated rings. The summed E-state index contributed by atoms with van der Waals surface area (Å²) in [6.07, 6.45) is 0. The van der Waals surface area contributed by atoms with E-state index in [-0.39, 0.29) is 5.75 Å². The molecule has 0 amide bonds. The van der Waals surface area contributed by atoms with E-state index in [1.54, 1.807) is 25.3 Å². The van der Waals surface area contributed by atoms with Crippen LogP contribution < -0.4 is 4.74 Å². The summed E-state index contributed by atoms with van der Waals surface area (Å²) >= 11 is 0. The largest absolute Gasteiger partial charge is 0.507 e. The Morgan fingerprint density at radius 3 is 2.69 bits per heavy atom. The molecule has 1 rings (SSSR count). The smallest absolute Gasteiger partial charge is 0.124 e. The van der Waals surface area contributed by atoms with E-state index in [0.717, 1.165) is 5.56 Å². The Hall–Kier alpha value is -1.22. The van der Waals surface area contributed by atoms with E-state index in [4.69, 9.17) is 9.47 Å². The van der Waals surface area contributed by atoms with Crippen LogP contribution in [-0.4, -0.2) is 18.8 Å². The second-order valence-electron chi connectivity index (χ2n) is 2.63. The van der Waals surface area contributed by atoms with Gasteiger partial charge in [0.05, 0.1) is 13.7 Å². The topological polar surface area (TPSA) is 38.7 Å². The molecule has 0 unspecified atom stereocenters. The van der Waals surface area contributed by atoms with Gasteiger partial charge in [0.25, 0.3) is 0 Å². The number of phenolic OH excluding ortho intramolecular Hbond substituents is 1. The molecule has 1 N–H and O–H groups in total. The molecule has 0 aromatic heterocycles. The number of ether oxygens (including phenoxy) is 2. The van der Waals surface area contributed by atoms with E-state index in [2.05, 4.69) is 0 Å². The molecule has 0 aliphatic heterocycles. The van der Waals surface area contributed by atoms with E-state index in [1.807, 2.05) is 6.92 Å². The van der Waals surface area contributed by atoms with Gasteiger partial charge in [0.15, 0.2) is 0 Å². The van der Waals surface area contributed by atoms with Gasteiger partial charge in [-0.1, -0.05) is 0 Å². The minimum atomic E-state index is 0.216. The molecule has 3 nitrogen and oxygen atoms in total. The lowest BCUT2D eigenvalue weighted by atomic mass is 10.2. The maximum Gasteiger partial charge on any atom is 0.124 e. The van der Waals surface area contributed by atoms with Crippen LogP contribution in [0.15, 0.2) is 18.2 Å². The van der Waals surface area contributed by atoms with Crippen molar-refractivity contribution in [1.82, 2.24) is 0 Å². The van der Waals surface area contributed by atoms with E-state index in [0.29, 0.717) is 19.0 Å². The van der Waals surface area contributed by atoms with Crippen molar-refractivity contribution >= 4 is 0 Å². The Labute approximate surface area is 77.9 Å². The second kappa shape index (κ2) is 4.72. The molecule has 0 aliphatic carbocycles. The number of methoxy groups -OCH3 is 1. The Morgan fingerprint density at radius 2 is 2.15 bits per heavy atom. The van der Waals surface area contributed by atoms with Crippen LogP contribution in [0.3, 0.4) is 0 Å². The van der Waals surface area contributed by atoms with E-state index in [9.17, 15) is 5.11 Å². The summed E-state index contributed by atoms with van der Waals surface area (Å²) in [6, 6.07) is 5.17. The summed E-state index contributed by atoms with van der Waals surface area (Å²) in [4.78, 5) is 0.